The van der Waals surface area contributed by atoms with Crippen molar-refractivity contribution < 1.29 is 4.79 Å². The maximum atomic E-state index is 12.6. The average Bonchev–Trinajstić information content (AvgIpc) is 2.86. The molecule has 0 saturated carbocycles. The molecule has 0 unspecified atom stereocenters. The molecule has 5 nitrogen and oxygen atoms in total. The third-order valence-electron chi connectivity index (χ3n) is 4.30. The molecule has 0 radical (unpaired) electrons. The van der Waals surface area contributed by atoms with Gasteiger partial charge in [-0.25, -0.2) is 4.98 Å². The van der Waals surface area contributed by atoms with Gasteiger partial charge in [-0.3, -0.25) is 9.69 Å². The largest absolute Gasteiger partial charge is 0.324 e. The minimum Gasteiger partial charge on any atom is -0.324 e. The zero-order chi connectivity index (χ0) is 17.9. The summed E-state index contributed by atoms with van der Waals surface area (Å²) in [7, 11) is 3.77. The van der Waals surface area contributed by atoms with Crippen molar-refractivity contribution in [3.63, 3.8) is 0 Å². The summed E-state index contributed by atoms with van der Waals surface area (Å²) in [5.74, 6) is 1.14. The van der Waals surface area contributed by atoms with E-state index in [4.69, 9.17) is 11.6 Å². The van der Waals surface area contributed by atoms with E-state index >= 15 is 0 Å². The zero-order valence-electron chi connectivity index (χ0n) is 14.9. The Morgan fingerprint density at radius 1 is 1.33 bits per heavy atom. The molecule has 1 heterocycles. The molecule has 0 fully saturated rings. The first kappa shape index (κ1) is 18.5. The number of amides is 1. The molecule has 2 aromatic rings. The summed E-state index contributed by atoms with van der Waals surface area (Å²) in [5.41, 5.74) is 2.01. The highest BCUT2D eigenvalue weighted by molar-refractivity contribution is 6.29. The van der Waals surface area contributed by atoms with E-state index in [2.05, 4.69) is 24.1 Å². The number of hydrogen-bond acceptors (Lipinski definition) is 3. The molecule has 0 aliphatic carbocycles. The van der Waals surface area contributed by atoms with E-state index in [9.17, 15) is 4.79 Å². The van der Waals surface area contributed by atoms with Crippen molar-refractivity contribution in [2.45, 2.75) is 39.3 Å². The first-order chi connectivity index (χ1) is 11.3. The van der Waals surface area contributed by atoms with E-state index in [-0.39, 0.29) is 11.9 Å². The van der Waals surface area contributed by atoms with Crippen LogP contribution in [0.2, 0.25) is 5.15 Å². The topological polar surface area (TPSA) is 50.2 Å². The summed E-state index contributed by atoms with van der Waals surface area (Å²) in [5, 5.41) is 3.63. The van der Waals surface area contributed by atoms with E-state index < -0.39 is 0 Å². The summed E-state index contributed by atoms with van der Waals surface area (Å²) in [6.07, 6.45) is 1.62. The van der Waals surface area contributed by atoms with Crippen LogP contribution in [0.1, 0.15) is 38.1 Å². The van der Waals surface area contributed by atoms with Crippen LogP contribution < -0.4 is 5.32 Å². The van der Waals surface area contributed by atoms with Crippen LogP contribution in [-0.2, 0) is 18.4 Å². The second-order valence-electron chi connectivity index (χ2n) is 6.38. The van der Waals surface area contributed by atoms with Crippen LogP contribution in [-0.4, -0.2) is 33.4 Å². The predicted octanol–water partition coefficient (Wildman–Crippen LogP) is 3.66. The highest BCUT2D eigenvalue weighted by Gasteiger charge is 2.21. The Morgan fingerprint density at radius 2 is 2.00 bits per heavy atom. The normalized spacial score (nSPS) is 12.7. The molecule has 24 heavy (non-hydrogen) atoms. The number of nitrogens with zero attached hydrogens (tertiary/aromatic N) is 3. The third-order valence-corrected chi connectivity index (χ3v) is 4.65. The number of benzene rings is 1. The van der Waals surface area contributed by atoms with Crippen LogP contribution in [0.25, 0.3) is 0 Å². The van der Waals surface area contributed by atoms with Crippen LogP contribution in [0.15, 0.2) is 30.5 Å². The maximum Gasteiger partial charge on any atom is 0.241 e. The number of carbonyl (C=O) groups is 1. The molecular formula is C18H25ClN4O. The number of aromatic nitrogens is 2. The molecule has 130 valence electrons. The minimum atomic E-state index is -0.291. The third kappa shape index (κ3) is 4.16. The van der Waals surface area contributed by atoms with E-state index in [1.165, 1.54) is 0 Å². The van der Waals surface area contributed by atoms with Gasteiger partial charge in [0, 0.05) is 12.7 Å². The summed E-state index contributed by atoms with van der Waals surface area (Å²) in [6.45, 7) is 6.66. The maximum absolute atomic E-state index is 12.6. The fourth-order valence-corrected chi connectivity index (χ4v) is 2.63. The molecule has 0 bridgehead atoms. The number of rotatable bonds is 6. The van der Waals surface area contributed by atoms with E-state index in [0.29, 0.717) is 17.6 Å². The lowest BCUT2D eigenvalue weighted by Crippen LogP contribution is -2.39. The summed E-state index contributed by atoms with van der Waals surface area (Å²) in [4.78, 5) is 18.8. The van der Waals surface area contributed by atoms with Gasteiger partial charge in [0.1, 0.15) is 11.0 Å². The van der Waals surface area contributed by atoms with Crippen molar-refractivity contribution in [2.24, 2.45) is 7.05 Å². The van der Waals surface area contributed by atoms with Crippen molar-refractivity contribution in [1.82, 2.24) is 14.5 Å². The Bertz CT molecular complexity index is 711. The first-order valence-corrected chi connectivity index (χ1v) is 8.45. The summed E-state index contributed by atoms with van der Waals surface area (Å²) >= 11 is 6.01. The number of halogens is 1. The molecule has 2 rings (SSSR count). The van der Waals surface area contributed by atoms with Crippen LogP contribution in [0.3, 0.4) is 0 Å². The van der Waals surface area contributed by atoms with Crippen LogP contribution in [0.4, 0.5) is 5.69 Å². The van der Waals surface area contributed by atoms with E-state index in [1.807, 2.05) is 54.8 Å². The Labute approximate surface area is 148 Å². The second-order valence-corrected chi connectivity index (χ2v) is 6.77. The standard InChI is InChI=1S/C18H25ClN4O/c1-12(2)14-8-6-7-9-15(14)21-18(24)13(3)22(4)11-17-20-10-16(19)23(17)5/h6-10,12-13H,11H2,1-5H3,(H,21,24)/t13-/m1/s1. The van der Waals surface area contributed by atoms with Gasteiger partial charge in [-0.1, -0.05) is 43.6 Å². The monoisotopic (exact) mass is 348 g/mol. The Kier molecular flexibility index (Phi) is 6.02. The van der Waals surface area contributed by atoms with Gasteiger partial charge in [0.25, 0.3) is 0 Å². The fraction of sp³-hybridized carbons (Fsp3) is 0.444. The van der Waals surface area contributed by atoms with Gasteiger partial charge < -0.3 is 9.88 Å². The highest BCUT2D eigenvalue weighted by Crippen LogP contribution is 2.24. The molecule has 1 aromatic heterocycles. The van der Waals surface area contributed by atoms with Crippen LogP contribution >= 0.6 is 11.6 Å². The second kappa shape index (κ2) is 7.81. The molecular weight excluding hydrogens is 324 g/mol. The number of anilines is 1. The molecule has 0 aliphatic heterocycles. The van der Waals surface area contributed by atoms with Gasteiger partial charge in [0.15, 0.2) is 0 Å². The SMILES string of the molecule is CC(C)c1ccccc1NC(=O)[C@@H](C)N(C)Cc1ncc(Cl)n1C. The van der Waals surface area contributed by atoms with Gasteiger partial charge in [-0.15, -0.1) is 0 Å². The number of hydrogen-bond donors (Lipinski definition) is 1. The van der Waals surface area contributed by atoms with Gasteiger partial charge in [-0.2, -0.15) is 0 Å². The van der Waals surface area contributed by atoms with E-state index in [0.717, 1.165) is 17.1 Å². The van der Waals surface area contributed by atoms with Crippen LogP contribution in [0, 0.1) is 0 Å². The predicted molar refractivity (Wildman–Crippen MR) is 98.3 cm³/mol. The summed E-state index contributed by atoms with van der Waals surface area (Å²) in [6, 6.07) is 7.63. The molecule has 0 saturated heterocycles. The van der Waals surface area contributed by atoms with Crippen molar-refractivity contribution in [2.75, 3.05) is 12.4 Å². The van der Waals surface area contributed by atoms with Crippen LogP contribution in [0.5, 0.6) is 0 Å². The lowest BCUT2D eigenvalue weighted by Gasteiger charge is -2.24. The number of likely N-dealkylation sites (N-methyl/N-ethyl adjacent to an activating group) is 1. The molecule has 0 aliphatic rings. The Morgan fingerprint density at radius 3 is 2.58 bits per heavy atom. The first-order valence-electron chi connectivity index (χ1n) is 8.07. The lowest BCUT2D eigenvalue weighted by atomic mass is 10.0. The van der Waals surface area contributed by atoms with Gasteiger partial charge in [0.2, 0.25) is 5.91 Å². The Hall–Kier alpha value is -1.85. The number of carbonyl (C=O) groups excluding carboxylic acids is 1. The summed E-state index contributed by atoms with van der Waals surface area (Å²) < 4.78 is 1.82. The van der Waals surface area contributed by atoms with Crippen molar-refractivity contribution in [3.05, 3.63) is 47.0 Å². The highest BCUT2D eigenvalue weighted by atomic mass is 35.5. The molecule has 1 amide bonds. The number of para-hydroxylation sites is 1. The lowest BCUT2D eigenvalue weighted by molar-refractivity contribution is -0.120. The van der Waals surface area contributed by atoms with Crippen molar-refractivity contribution in [3.8, 4) is 0 Å². The van der Waals surface area contributed by atoms with E-state index in [1.54, 1.807) is 6.20 Å². The van der Waals surface area contributed by atoms with Gasteiger partial charge in [-0.05, 0) is 31.5 Å². The average molecular weight is 349 g/mol. The quantitative estimate of drug-likeness (QED) is 0.866. The Balaban J connectivity index is 2.05. The van der Waals surface area contributed by atoms with Gasteiger partial charge >= 0.3 is 0 Å². The molecule has 1 N–H and O–H groups in total. The molecule has 0 spiro atoms. The zero-order valence-corrected chi connectivity index (χ0v) is 15.6. The fourth-order valence-electron chi connectivity index (χ4n) is 2.48. The number of imidazole rings is 1. The minimum absolute atomic E-state index is 0.0362. The molecule has 1 atom stereocenters. The van der Waals surface area contributed by atoms with Gasteiger partial charge in [0.05, 0.1) is 18.8 Å². The van der Waals surface area contributed by atoms with Crippen molar-refractivity contribution >= 4 is 23.2 Å². The molecule has 1 aromatic carbocycles. The molecule has 6 heteroatoms. The smallest absolute Gasteiger partial charge is 0.241 e. The number of nitrogens with one attached hydrogen (secondary N) is 1. The van der Waals surface area contributed by atoms with Crippen molar-refractivity contribution in [1.29, 1.82) is 0 Å².